The number of benzene rings is 1. The van der Waals surface area contributed by atoms with Gasteiger partial charge in [0.15, 0.2) is 0 Å². The Kier molecular flexibility index (Phi) is 4.68. The summed E-state index contributed by atoms with van der Waals surface area (Å²) in [6, 6.07) is 8.77. The highest BCUT2D eigenvalue weighted by molar-refractivity contribution is 5.25. The lowest BCUT2D eigenvalue weighted by Crippen LogP contribution is -1.93. The van der Waals surface area contributed by atoms with Crippen LogP contribution >= 0.6 is 0 Å². The first-order valence-corrected chi connectivity index (χ1v) is 5.47. The molecule has 0 fully saturated rings. The zero-order valence-electron chi connectivity index (χ0n) is 9.16. The predicted octanol–water partition coefficient (Wildman–Crippen LogP) is 3.13. The fourth-order valence-corrected chi connectivity index (χ4v) is 1.53. The van der Waals surface area contributed by atoms with Crippen LogP contribution in [0.5, 0.6) is 0 Å². The van der Waals surface area contributed by atoms with Crippen LogP contribution < -0.4 is 0 Å². The average molecular weight is 192 g/mol. The predicted molar refractivity (Wildman–Crippen MR) is 60.6 cm³/mol. The number of hydrogen-bond acceptors (Lipinski definition) is 1. The van der Waals surface area contributed by atoms with Crippen LogP contribution in [0.3, 0.4) is 0 Å². The van der Waals surface area contributed by atoms with E-state index in [0.29, 0.717) is 5.92 Å². The van der Waals surface area contributed by atoms with Crippen molar-refractivity contribution in [1.29, 1.82) is 0 Å². The fraction of sp³-hybridized carbons (Fsp3) is 0.538. The van der Waals surface area contributed by atoms with Crippen LogP contribution in [0.2, 0.25) is 0 Å². The number of aryl methyl sites for hydroxylation is 1. The third kappa shape index (κ3) is 3.15. The molecule has 0 radical (unpaired) electrons. The highest BCUT2D eigenvalue weighted by Crippen LogP contribution is 2.19. The lowest BCUT2D eigenvalue weighted by molar-refractivity contribution is 0.288. The molecule has 1 unspecified atom stereocenters. The number of hydrogen-bond donors (Lipinski definition) is 1. The third-order valence-electron chi connectivity index (χ3n) is 2.78. The molecule has 0 bridgehead atoms. The number of rotatable bonds is 5. The van der Waals surface area contributed by atoms with Crippen molar-refractivity contribution in [3.05, 3.63) is 35.4 Å². The van der Waals surface area contributed by atoms with E-state index >= 15 is 0 Å². The Morgan fingerprint density at radius 3 is 2.36 bits per heavy atom. The van der Waals surface area contributed by atoms with Crippen LogP contribution in [0.1, 0.15) is 43.7 Å². The van der Waals surface area contributed by atoms with Crippen LogP contribution in [-0.4, -0.2) is 11.7 Å². The van der Waals surface area contributed by atoms with Crippen molar-refractivity contribution in [3.8, 4) is 0 Å². The minimum Gasteiger partial charge on any atom is -0.396 e. The van der Waals surface area contributed by atoms with Gasteiger partial charge in [-0.25, -0.2) is 0 Å². The molecule has 1 heteroatoms. The molecule has 0 spiro atoms. The molecule has 1 atom stereocenters. The SMILES string of the molecule is CCC(C)c1ccc(CCCO)cc1. The van der Waals surface area contributed by atoms with Crippen LogP contribution in [0.25, 0.3) is 0 Å². The lowest BCUT2D eigenvalue weighted by atomic mass is 9.97. The molecule has 0 aliphatic rings. The van der Waals surface area contributed by atoms with Gasteiger partial charge >= 0.3 is 0 Å². The molecular weight excluding hydrogens is 172 g/mol. The number of aliphatic hydroxyl groups excluding tert-OH is 1. The van der Waals surface area contributed by atoms with E-state index in [0.717, 1.165) is 12.8 Å². The Balaban J connectivity index is 2.59. The molecular formula is C13H20O. The zero-order chi connectivity index (χ0) is 10.4. The first kappa shape index (κ1) is 11.3. The molecule has 1 rings (SSSR count). The monoisotopic (exact) mass is 192 g/mol. The van der Waals surface area contributed by atoms with Crippen LogP contribution in [0, 0.1) is 0 Å². The van der Waals surface area contributed by atoms with Gasteiger partial charge in [0.05, 0.1) is 0 Å². The molecule has 1 aromatic rings. The van der Waals surface area contributed by atoms with E-state index in [2.05, 4.69) is 38.1 Å². The summed E-state index contributed by atoms with van der Waals surface area (Å²) in [6.07, 6.45) is 3.04. The van der Waals surface area contributed by atoms with Gasteiger partial charge in [-0.05, 0) is 36.3 Å². The maximum atomic E-state index is 8.71. The molecule has 0 aliphatic heterocycles. The van der Waals surface area contributed by atoms with E-state index in [9.17, 15) is 0 Å². The quantitative estimate of drug-likeness (QED) is 0.760. The van der Waals surface area contributed by atoms with Crippen molar-refractivity contribution in [2.45, 2.75) is 39.0 Å². The molecule has 1 N–H and O–H groups in total. The first-order valence-electron chi connectivity index (χ1n) is 5.47. The molecule has 14 heavy (non-hydrogen) atoms. The van der Waals surface area contributed by atoms with Gasteiger partial charge in [0.2, 0.25) is 0 Å². The zero-order valence-corrected chi connectivity index (χ0v) is 9.16. The summed E-state index contributed by atoms with van der Waals surface area (Å²) in [5, 5.41) is 8.71. The summed E-state index contributed by atoms with van der Waals surface area (Å²) in [5.41, 5.74) is 2.74. The van der Waals surface area contributed by atoms with E-state index in [1.54, 1.807) is 0 Å². The van der Waals surface area contributed by atoms with Crippen LogP contribution in [0.15, 0.2) is 24.3 Å². The average Bonchev–Trinajstić information content (AvgIpc) is 2.26. The first-order chi connectivity index (χ1) is 6.77. The highest BCUT2D eigenvalue weighted by Gasteiger charge is 2.01. The highest BCUT2D eigenvalue weighted by atomic mass is 16.2. The summed E-state index contributed by atoms with van der Waals surface area (Å²) < 4.78 is 0. The van der Waals surface area contributed by atoms with Crippen molar-refractivity contribution >= 4 is 0 Å². The third-order valence-corrected chi connectivity index (χ3v) is 2.78. The molecule has 0 aromatic heterocycles. The topological polar surface area (TPSA) is 20.2 Å². The normalized spacial score (nSPS) is 12.8. The molecule has 1 aromatic carbocycles. The van der Waals surface area contributed by atoms with Crippen molar-refractivity contribution in [1.82, 2.24) is 0 Å². The second-order valence-corrected chi connectivity index (χ2v) is 3.88. The van der Waals surface area contributed by atoms with E-state index in [4.69, 9.17) is 5.11 Å². The lowest BCUT2D eigenvalue weighted by Gasteiger charge is -2.09. The molecule has 0 heterocycles. The minimum atomic E-state index is 0.285. The van der Waals surface area contributed by atoms with Crippen molar-refractivity contribution in [2.75, 3.05) is 6.61 Å². The van der Waals surface area contributed by atoms with Gasteiger partial charge in [-0.1, -0.05) is 38.1 Å². The second-order valence-electron chi connectivity index (χ2n) is 3.88. The maximum Gasteiger partial charge on any atom is 0.0434 e. The molecule has 0 aliphatic carbocycles. The maximum absolute atomic E-state index is 8.71. The summed E-state index contributed by atoms with van der Waals surface area (Å²) >= 11 is 0. The van der Waals surface area contributed by atoms with Crippen molar-refractivity contribution in [2.24, 2.45) is 0 Å². The minimum absolute atomic E-state index is 0.285. The summed E-state index contributed by atoms with van der Waals surface area (Å²) in [7, 11) is 0. The summed E-state index contributed by atoms with van der Waals surface area (Å²) in [4.78, 5) is 0. The molecule has 1 nitrogen and oxygen atoms in total. The van der Waals surface area contributed by atoms with E-state index < -0.39 is 0 Å². The largest absolute Gasteiger partial charge is 0.396 e. The Morgan fingerprint density at radius 2 is 1.86 bits per heavy atom. The Bertz CT molecular complexity index is 250. The van der Waals surface area contributed by atoms with Crippen LogP contribution in [0.4, 0.5) is 0 Å². The van der Waals surface area contributed by atoms with Gasteiger partial charge in [0.1, 0.15) is 0 Å². The number of aliphatic hydroxyl groups is 1. The van der Waals surface area contributed by atoms with E-state index in [1.165, 1.54) is 17.5 Å². The fourth-order valence-electron chi connectivity index (χ4n) is 1.53. The van der Waals surface area contributed by atoms with E-state index in [-0.39, 0.29) is 6.61 Å². The standard InChI is InChI=1S/C13H20O/c1-3-11(2)13-8-6-12(7-9-13)5-4-10-14/h6-9,11,14H,3-5,10H2,1-2H3. The van der Waals surface area contributed by atoms with Crippen LogP contribution in [-0.2, 0) is 6.42 Å². The van der Waals surface area contributed by atoms with Gasteiger partial charge in [-0.15, -0.1) is 0 Å². The van der Waals surface area contributed by atoms with Gasteiger partial charge < -0.3 is 5.11 Å². The Morgan fingerprint density at radius 1 is 1.21 bits per heavy atom. The van der Waals surface area contributed by atoms with Crippen molar-refractivity contribution < 1.29 is 5.11 Å². The molecule has 0 amide bonds. The van der Waals surface area contributed by atoms with Gasteiger partial charge in [-0.2, -0.15) is 0 Å². The Hall–Kier alpha value is -0.820. The Labute approximate surface area is 86.8 Å². The van der Waals surface area contributed by atoms with Gasteiger partial charge in [-0.3, -0.25) is 0 Å². The van der Waals surface area contributed by atoms with E-state index in [1.807, 2.05) is 0 Å². The molecule has 0 saturated heterocycles. The molecule has 78 valence electrons. The molecule has 0 saturated carbocycles. The van der Waals surface area contributed by atoms with Gasteiger partial charge in [0.25, 0.3) is 0 Å². The second kappa shape index (κ2) is 5.82. The van der Waals surface area contributed by atoms with Crippen molar-refractivity contribution in [3.63, 3.8) is 0 Å². The smallest absolute Gasteiger partial charge is 0.0434 e. The van der Waals surface area contributed by atoms with Gasteiger partial charge in [0, 0.05) is 6.61 Å². The summed E-state index contributed by atoms with van der Waals surface area (Å²) in [6.45, 7) is 4.75. The summed E-state index contributed by atoms with van der Waals surface area (Å²) in [5.74, 6) is 0.655.